The van der Waals surface area contributed by atoms with Crippen LogP contribution in [0, 0.1) is 0 Å². The van der Waals surface area contributed by atoms with Crippen molar-refractivity contribution in [2.45, 2.75) is 25.4 Å². The highest BCUT2D eigenvalue weighted by molar-refractivity contribution is 6.16. The van der Waals surface area contributed by atoms with Crippen LogP contribution in [0.3, 0.4) is 0 Å². The molecule has 1 unspecified atom stereocenters. The Bertz CT molecular complexity index is 2540. The van der Waals surface area contributed by atoms with Gasteiger partial charge in [-0.05, 0) is 90.2 Å². The molecular weight excluding hydrogens is 595 g/mol. The molecule has 0 saturated carbocycles. The van der Waals surface area contributed by atoms with Gasteiger partial charge in [-0.15, -0.1) is 0 Å². The topological polar surface area (TPSA) is 36.8 Å². The average molecular weight is 628 g/mol. The minimum atomic E-state index is -0.241. The highest BCUT2D eigenvalue weighted by Gasteiger charge is 2.40. The predicted molar refractivity (Wildman–Crippen MR) is 203 cm³/mol. The number of amidine groups is 2. The average Bonchev–Trinajstić information content (AvgIpc) is 3.32. The van der Waals surface area contributed by atoms with Crippen molar-refractivity contribution in [2.24, 2.45) is 9.98 Å². The zero-order chi connectivity index (χ0) is 32.7. The first-order valence-electron chi connectivity index (χ1n) is 17.0. The number of fused-ring (bicyclic) bond motifs is 2. The van der Waals surface area contributed by atoms with E-state index in [9.17, 15) is 0 Å². The molecule has 0 fully saturated rings. The lowest BCUT2D eigenvalue weighted by Gasteiger charge is -2.24. The Morgan fingerprint density at radius 2 is 1.14 bits per heavy atom. The summed E-state index contributed by atoms with van der Waals surface area (Å²) in [5.41, 5.74) is 16.2. The summed E-state index contributed by atoms with van der Waals surface area (Å²) in [5.74, 6) is 1.55. The molecule has 1 N–H and O–H groups in total. The molecular formula is C46H33N3. The maximum atomic E-state index is 5.16. The van der Waals surface area contributed by atoms with Gasteiger partial charge in [0.05, 0.1) is 0 Å². The van der Waals surface area contributed by atoms with Crippen molar-refractivity contribution >= 4 is 22.4 Å². The van der Waals surface area contributed by atoms with E-state index >= 15 is 0 Å². The summed E-state index contributed by atoms with van der Waals surface area (Å²) >= 11 is 0. The zero-order valence-corrected chi connectivity index (χ0v) is 27.4. The number of nitrogens with one attached hydrogen (secondary N) is 1. The number of aliphatic imine (C=N–C) groups is 2. The van der Waals surface area contributed by atoms with Gasteiger partial charge in [0.1, 0.15) is 12.0 Å². The number of rotatable bonds is 4. The second-order valence-corrected chi connectivity index (χ2v) is 13.8. The van der Waals surface area contributed by atoms with Gasteiger partial charge in [0.2, 0.25) is 0 Å². The molecule has 7 aromatic carbocycles. The van der Waals surface area contributed by atoms with Crippen LogP contribution < -0.4 is 5.32 Å². The summed E-state index contributed by atoms with van der Waals surface area (Å²) in [7, 11) is 0. The molecule has 3 heteroatoms. The maximum Gasteiger partial charge on any atom is 0.159 e. The van der Waals surface area contributed by atoms with Crippen LogP contribution in [-0.2, 0) is 5.41 Å². The van der Waals surface area contributed by atoms with Crippen LogP contribution in [0.15, 0.2) is 162 Å². The van der Waals surface area contributed by atoms with Crippen molar-refractivity contribution in [3.05, 3.63) is 179 Å². The van der Waals surface area contributed by atoms with Crippen molar-refractivity contribution in [2.75, 3.05) is 0 Å². The standard InChI is InChI=1S/C46H33N3/c1-46(2)38-24-12-23-35-34-21-10-17-28-18-11-22-36(40(28)34)37-26-33(27-39(46)42(37)41(35)38)31-19-9-20-32(25-31)45-48-43(29-13-5-3-6-14-29)47-44(49-45)30-15-7-4-8-16-30/h3-27,43H,1-2H3,(H,47,48,49). The van der Waals surface area contributed by atoms with Gasteiger partial charge in [-0.1, -0.05) is 147 Å². The molecule has 1 heterocycles. The Morgan fingerprint density at radius 1 is 0.510 bits per heavy atom. The van der Waals surface area contributed by atoms with Crippen LogP contribution >= 0.6 is 0 Å². The smallest absolute Gasteiger partial charge is 0.159 e. The quantitative estimate of drug-likeness (QED) is 0.207. The highest BCUT2D eigenvalue weighted by Crippen LogP contribution is 2.59. The van der Waals surface area contributed by atoms with Crippen LogP contribution in [0.2, 0.25) is 0 Å². The van der Waals surface area contributed by atoms with Crippen LogP contribution in [0.4, 0.5) is 0 Å². The Balaban J connectivity index is 1.17. The molecule has 10 rings (SSSR count). The third-order valence-electron chi connectivity index (χ3n) is 10.6. The number of benzene rings is 7. The van der Waals surface area contributed by atoms with Gasteiger partial charge >= 0.3 is 0 Å². The maximum absolute atomic E-state index is 5.16. The SMILES string of the molecule is CC1(C)c2cccc3c2-c2c(cc(-c4cccc(C5=NC(c6ccccc6)NC(c6ccccc6)=N5)c4)cc21)-c1cccc2cccc-3c12. The van der Waals surface area contributed by atoms with Crippen LogP contribution in [0.5, 0.6) is 0 Å². The second-order valence-electron chi connectivity index (χ2n) is 13.8. The van der Waals surface area contributed by atoms with Gasteiger partial charge in [0, 0.05) is 16.5 Å². The van der Waals surface area contributed by atoms with Gasteiger partial charge in [0.15, 0.2) is 5.84 Å². The fourth-order valence-corrected chi connectivity index (χ4v) is 8.25. The van der Waals surface area contributed by atoms with Crippen LogP contribution in [-0.4, -0.2) is 11.7 Å². The van der Waals surface area contributed by atoms with Crippen molar-refractivity contribution in [3.63, 3.8) is 0 Å². The number of hydrogen-bond donors (Lipinski definition) is 1. The molecule has 0 spiro atoms. The summed E-state index contributed by atoms with van der Waals surface area (Å²) in [6.45, 7) is 4.76. The molecule has 49 heavy (non-hydrogen) atoms. The predicted octanol–water partition coefficient (Wildman–Crippen LogP) is 11.0. The molecule has 1 atom stereocenters. The first kappa shape index (κ1) is 28.0. The molecule has 1 aliphatic heterocycles. The van der Waals surface area contributed by atoms with Crippen molar-refractivity contribution < 1.29 is 0 Å². The van der Waals surface area contributed by atoms with E-state index in [1.54, 1.807) is 0 Å². The van der Waals surface area contributed by atoms with E-state index in [1.807, 2.05) is 24.3 Å². The second kappa shape index (κ2) is 10.5. The van der Waals surface area contributed by atoms with E-state index in [4.69, 9.17) is 9.98 Å². The lowest BCUT2D eigenvalue weighted by Crippen LogP contribution is -2.33. The summed E-state index contributed by atoms with van der Waals surface area (Å²) < 4.78 is 0. The van der Waals surface area contributed by atoms with Gasteiger partial charge in [0.25, 0.3) is 0 Å². The monoisotopic (exact) mass is 627 g/mol. The van der Waals surface area contributed by atoms with Crippen LogP contribution in [0.1, 0.15) is 47.8 Å². The lowest BCUT2D eigenvalue weighted by molar-refractivity contribution is 0.661. The fraction of sp³-hybridized carbons (Fsp3) is 0.0870. The summed E-state index contributed by atoms with van der Waals surface area (Å²) in [4.78, 5) is 10.3. The van der Waals surface area contributed by atoms with Crippen molar-refractivity contribution in [1.82, 2.24) is 5.32 Å². The van der Waals surface area contributed by atoms with Crippen LogP contribution in [0.25, 0.3) is 55.3 Å². The molecule has 2 aliphatic carbocycles. The van der Waals surface area contributed by atoms with E-state index in [1.165, 1.54) is 60.8 Å². The summed E-state index contributed by atoms with van der Waals surface area (Å²) in [6, 6.07) is 54.7. The van der Waals surface area contributed by atoms with E-state index in [0.29, 0.717) is 0 Å². The molecule has 232 valence electrons. The lowest BCUT2D eigenvalue weighted by atomic mass is 9.79. The minimum Gasteiger partial charge on any atom is -0.344 e. The first-order chi connectivity index (χ1) is 24.0. The van der Waals surface area contributed by atoms with E-state index in [0.717, 1.165) is 33.9 Å². The summed E-state index contributed by atoms with van der Waals surface area (Å²) in [5, 5.41) is 6.19. The fourth-order valence-electron chi connectivity index (χ4n) is 8.25. The van der Waals surface area contributed by atoms with E-state index in [-0.39, 0.29) is 11.6 Å². The molecule has 3 nitrogen and oxygen atoms in total. The first-order valence-corrected chi connectivity index (χ1v) is 17.0. The Hall–Kier alpha value is -6.06. The Labute approximate surface area is 286 Å². The Morgan fingerprint density at radius 3 is 1.94 bits per heavy atom. The zero-order valence-electron chi connectivity index (χ0n) is 27.4. The molecule has 0 bridgehead atoms. The highest BCUT2D eigenvalue weighted by atomic mass is 15.2. The third kappa shape index (κ3) is 4.22. The molecule has 0 radical (unpaired) electrons. The third-order valence-corrected chi connectivity index (χ3v) is 10.6. The van der Waals surface area contributed by atoms with E-state index in [2.05, 4.69) is 147 Å². The normalized spacial score (nSPS) is 16.3. The van der Waals surface area contributed by atoms with Gasteiger partial charge < -0.3 is 5.32 Å². The molecule has 0 saturated heterocycles. The van der Waals surface area contributed by atoms with Crippen molar-refractivity contribution in [3.8, 4) is 44.5 Å². The number of hydrogen-bond acceptors (Lipinski definition) is 3. The Kier molecular flexibility index (Phi) is 5.98. The molecule has 7 aromatic rings. The molecule has 0 amide bonds. The van der Waals surface area contributed by atoms with E-state index < -0.39 is 0 Å². The van der Waals surface area contributed by atoms with Crippen molar-refractivity contribution in [1.29, 1.82) is 0 Å². The summed E-state index contributed by atoms with van der Waals surface area (Å²) in [6.07, 6.45) is -0.241. The molecule has 3 aliphatic rings. The van der Waals surface area contributed by atoms with Gasteiger partial charge in [-0.2, -0.15) is 0 Å². The van der Waals surface area contributed by atoms with Gasteiger partial charge in [-0.3, -0.25) is 0 Å². The molecule has 0 aromatic heterocycles. The number of nitrogens with zero attached hydrogens (tertiary/aromatic N) is 2. The van der Waals surface area contributed by atoms with Gasteiger partial charge in [-0.25, -0.2) is 9.98 Å². The largest absolute Gasteiger partial charge is 0.344 e. The minimum absolute atomic E-state index is 0.139.